The van der Waals surface area contributed by atoms with E-state index in [1.807, 2.05) is 19.0 Å². The van der Waals surface area contributed by atoms with Gasteiger partial charge in [0.25, 0.3) is 0 Å². The molecule has 0 aliphatic heterocycles. The monoisotopic (exact) mass is 369 g/mol. The van der Waals surface area contributed by atoms with E-state index in [2.05, 4.69) is 0 Å². The molecule has 0 aliphatic carbocycles. The molecule has 2 aromatic carbocycles. The largest absolute Gasteiger partial charge is 0.497 e. The molecule has 3 nitrogen and oxygen atoms in total. The Bertz CT molecular complexity index is 722. The molecule has 0 bridgehead atoms. The first-order valence-electron chi connectivity index (χ1n) is 7.67. The zero-order chi connectivity index (χ0) is 17.7. The van der Waals surface area contributed by atoms with Crippen molar-refractivity contribution in [2.75, 3.05) is 27.7 Å². The van der Waals surface area contributed by atoms with Crippen molar-refractivity contribution < 1.29 is 18.3 Å². The number of halogens is 3. The number of carbonyl (C=O) groups excluding carboxylic acids is 1. The molecule has 1 unspecified atom stereocenters. The molecule has 0 heterocycles. The molecule has 0 radical (unpaired) electrons. The van der Waals surface area contributed by atoms with Crippen molar-refractivity contribution in [1.29, 1.82) is 0 Å². The molecule has 0 amide bonds. The molecule has 0 saturated carbocycles. The predicted octanol–water partition coefficient (Wildman–Crippen LogP) is 4.00. The second kappa shape index (κ2) is 9.49. The van der Waals surface area contributed by atoms with Crippen LogP contribution in [-0.2, 0) is 6.42 Å². The first-order valence-corrected chi connectivity index (χ1v) is 7.67. The van der Waals surface area contributed by atoms with Gasteiger partial charge in [-0.05, 0) is 50.3 Å². The Hall–Kier alpha value is -1.98. The SMILES string of the molecule is COc1cccc(C(=O)C(Cc2ccc(F)c(F)c2)CN(C)C)c1.Cl. The zero-order valence-corrected chi connectivity index (χ0v) is 15.3. The summed E-state index contributed by atoms with van der Waals surface area (Å²) in [4.78, 5) is 14.8. The van der Waals surface area contributed by atoms with Crippen molar-refractivity contribution in [3.63, 3.8) is 0 Å². The van der Waals surface area contributed by atoms with Gasteiger partial charge in [-0.2, -0.15) is 0 Å². The van der Waals surface area contributed by atoms with E-state index in [9.17, 15) is 13.6 Å². The van der Waals surface area contributed by atoms with Crippen LogP contribution in [0.1, 0.15) is 15.9 Å². The maximum atomic E-state index is 13.4. The highest BCUT2D eigenvalue weighted by molar-refractivity contribution is 5.98. The van der Waals surface area contributed by atoms with E-state index < -0.39 is 11.6 Å². The predicted molar refractivity (Wildman–Crippen MR) is 96.7 cm³/mol. The molecular weight excluding hydrogens is 348 g/mol. The minimum absolute atomic E-state index is 0. The van der Waals surface area contributed by atoms with Gasteiger partial charge in [0.1, 0.15) is 5.75 Å². The normalized spacial score (nSPS) is 11.8. The summed E-state index contributed by atoms with van der Waals surface area (Å²) in [5.41, 5.74) is 1.14. The molecule has 6 heteroatoms. The van der Waals surface area contributed by atoms with Crippen molar-refractivity contribution in [3.8, 4) is 5.75 Å². The average molecular weight is 370 g/mol. The van der Waals surface area contributed by atoms with Crippen LogP contribution in [0.5, 0.6) is 5.75 Å². The molecule has 1 atom stereocenters. The van der Waals surface area contributed by atoms with E-state index in [0.717, 1.165) is 12.1 Å². The third-order valence-corrected chi connectivity index (χ3v) is 3.78. The fourth-order valence-electron chi connectivity index (χ4n) is 2.64. The van der Waals surface area contributed by atoms with Crippen LogP contribution in [0.4, 0.5) is 8.78 Å². The number of ketones is 1. The Balaban J connectivity index is 0.00000312. The van der Waals surface area contributed by atoms with E-state index in [1.165, 1.54) is 6.07 Å². The van der Waals surface area contributed by atoms with E-state index in [1.54, 1.807) is 31.4 Å². The van der Waals surface area contributed by atoms with Crippen molar-refractivity contribution in [3.05, 3.63) is 65.2 Å². The number of carbonyl (C=O) groups is 1. The van der Waals surface area contributed by atoms with Gasteiger partial charge in [-0.1, -0.05) is 18.2 Å². The fraction of sp³-hybridized carbons (Fsp3) is 0.316. The van der Waals surface area contributed by atoms with E-state index in [0.29, 0.717) is 29.8 Å². The lowest BCUT2D eigenvalue weighted by Gasteiger charge is -2.20. The number of hydrogen-bond donors (Lipinski definition) is 0. The Labute approximate surface area is 153 Å². The first-order chi connectivity index (χ1) is 11.4. The van der Waals surface area contributed by atoms with Gasteiger partial charge < -0.3 is 9.64 Å². The van der Waals surface area contributed by atoms with Gasteiger partial charge in [-0.3, -0.25) is 4.79 Å². The van der Waals surface area contributed by atoms with Gasteiger partial charge in [0, 0.05) is 18.0 Å². The number of nitrogens with zero attached hydrogens (tertiary/aromatic N) is 1. The van der Waals surface area contributed by atoms with Gasteiger partial charge in [0.2, 0.25) is 0 Å². The van der Waals surface area contributed by atoms with E-state index >= 15 is 0 Å². The lowest BCUT2D eigenvalue weighted by atomic mass is 9.90. The standard InChI is InChI=1S/C19H21F2NO2.ClH/c1-22(2)12-15(9-13-7-8-17(20)18(21)10-13)19(23)14-5-4-6-16(11-14)24-3;/h4-8,10-11,15H,9,12H2,1-3H3;1H. The van der Waals surface area contributed by atoms with Crippen LogP contribution in [0.2, 0.25) is 0 Å². The fourth-order valence-corrected chi connectivity index (χ4v) is 2.64. The average Bonchev–Trinajstić information content (AvgIpc) is 2.56. The summed E-state index contributed by atoms with van der Waals surface area (Å²) in [7, 11) is 5.29. The van der Waals surface area contributed by atoms with Gasteiger partial charge in [-0.25, -0.2) is 8.78 Å². The summed E-state index contributed by atoms with van der Waals surface area (Å²) < 4.78 is 31.7. The maximum Gasteiger partial charge on any atom is 0.167 e. The summed E-state index contributed by atoms with van der Waals surface area (Å²) in [5, 5.41) is 0. The third-order valence-electron chi connectivity index (χ3n) is 3.78. The lowest BCUT2D eigenvalue weighted by molar-refractivity contribution is 0.0896. The Kier molecular flexibility index (Phi) is 8.00. The molecule has 0 aromatic heterocycles. The summed E-state index contributed by atoms with van der Waals surface area (Å²) in [6.07, 6.45) is 0.339. The molecule has 0 fully saturated rings. The molecule has 0 spiro atoms. The van der Waals surface area contributed by atoms with Crippen LogP contribution < -0.4 is 4.74 Å². The zero-order valence-electron chi connectivity index (χ0n) is 14.5. The minimum Gasteiger partial charge on any atom is -0.497 e. The van der Waals surface area contributed by atoms with Crippen molar-refractivity contribution >= 4 is 18.2 Å². The molecule has 0 saturated heterocycles. The quantitative estimate of drug-likeness (QED) is 0.691. The molecule has 2 aromatic rings. The van der Waals surface area contributed by atoms with Crippen LogP contribution in [0.3, 0.4) is 0 Å². The smallest absolute Gasteiger partial charge is 0.167 e. The number of rotatable bonds is 7. The van der Waals surface area contributed by atoms with Gasteiger partial charge in [0.05, 0.1) is 7.11 Å². The Morgan fingerprint density at radius 2 is 1.84 bits per heavy atom. The summed E-state index contributed by atoms with van der Waals surface area (Å²) >= 11 is 0. The number of methoxy groups -OCH3 is 1. The highest BCUT2D eigenvalue weighted by Gasteiger charge is 2.22. The third kappa shape index (κ3) is 5.80. The molecule has 25 heavy (non-hydrogen) atoms. The van der Waals surface area contributed by atoms with Gasteiger partial charge >= 0.3 is 0 Å². The number of hydrogen-bond acceptors (Lipinski definition) is 3. The summed E-state index contributed by atoms with van der Waals surface area (Å²) in [6.45, 7) is 0.509. The lowest BCUT2D eigenvalue weighted by Crippen LogP contribution is -2.29. The van der Waals surface area contributed by atoms with Crippen LogP contribution in [0, 0.1) is 17.6 Å². The van der Waals surface area contributed by atoms with Crippen LogP contribution in [0.15, 0.2) is 42.5 Å². The highest BCUT2D eigenvalue weighted by Crippen LogP contribution is 2.20. The molecule has 136 valence electrons. The van der Waals surface area contributed by atoms with Crippen LogP contribution in [0.25, 0.3) is 0 Å². The second-order valence-corrected chi connectivity index (χ2v) is 6.01. The molecule has 0 aliphatic rings. The number of benzene rings is 2. The molecular formula is C19H22ClF2NO2. The number of ether oxygens (including phenoxy) is 1. The molecule has 0 N–H and O–H groups in total. The van der Waals surface area contributed by atoms with E-state index in [-0.39, 0.29) is 24.1 Å². The van der Waals surface area contributed by atoms with Crippen molar-refractivity contribution in [2.24, 2.45) is 5.92 Å². The maximum absolute atomic E-state index is 13.4. The Morgan fingerprint density at radius 3 is 2.44 bits per heavy atom. The highest BCUT2D eigenvalue weighted by atomic mass is 35.5. The van der Waals surface area contributed by atoms with Crippen LogP contribution >= 0.6 is 12.4 Å². The minimum atomic E-state index is -0.898. The van der Waals surface area contributed by atoms with Crippen LogP contribution in [-0.4, -0.2) is 38.4 Å². The summed E-state index contributed by atoms with van der Waals surface area (Å²) in [5.74, 6) is -1.59. The second-order valence-electron chi connectivity index (χ2n) is 6.01. The number of Topliss-reactive ketones (excluding diaryl/α,β-unsaturated/α-hetero) is 1. The van der Waals surface area contributed by atoms with E-state index in [4.69, 9.17) is 4.74 Å². The van der Waals surface area contributed by atoms with Gasteiger partial charge in [-0.15, -0.1) is 12.4 Å². The first kappa shape index (κ1) is 21.1. The Morgan fingerprint density at radius 1 is 1.12 bits per heavy atom. The van der Waals surface area contributed by atoms with Crippen molar-refractivity contribution in [1.82, 2.24) is 4.90 Å². The topological polar surface area (TPSA) is 29.5 Å². The molecule has 2 rings (SSSR count). The van der Waals surface area contributed by atoms with Gasteiger partial charge in [0.15, 0.2) is 17.4 Å². The van der Waals surface area contributed by atoms with Crippen molar-refractivity contribution in [2.45, 2.75) is 6.42 Å². The summed E-state index contributed by atoms with van der Waals surface area (Å²) in [6, 6.07) is 10.7.